The summed E-state index contributed by atoms with van der Waals surface area (Å²) >= 11 is 7.06. The SMILES string of the molecule is CC(C(O)c1ccsc1Cl)S(C)(=O)=O. The standard InChI is InChI=1S/C8H11ClO3S2/c1-5(14(2,11)12)7(10)6-3-4-13-8(6)9/h3-5,7,10H,1-2H3. The van der Waals surface area contributed by atoms with E-state index >= 15 is 0 Å². The molecule has 1 rings (SSSR count). The first kappa shape index (κ1) is 12.0. The molecule has 14 heavy (non-hydrogen) atoms. The van der Waals surface area contributed by atoms with Gasteiger partial charge in [0.15, 0.2) is 9.84 Å². The van der Waals surface area contributed by atoms with Crippen molar-refractivity contribution in [2.75, 3.05) is 6.26 Å². The van der Waals surface area contributed by atoms with Gasteiger partial charge >= 0.3 is 0 Å². The Kier molecular flexibility index (Phi) is 3.58. The smallest absolute Gasteiger partial charge is 0.152 e. The fourth-order valence-electron chi connectivity index (χ4n) is 1.00. The Bertz CT molecular complexity index is 410. The summed E-state index contributed by atoms with van der Waals surface area (Å²) in [4.78, 5) is 0. The van der Waals surface area contributed by atoms with E-state index in [-0.39, 0.29) is 0 Å². The summed E-state index contributed by atoms with van der Waals surface area (Å²) in [6, 6.07) is 1.64. The van der Waals surface area contributed by atoms with Crippen LogP contribution in [0.15, 0.2) is 11.4 Å². The zero-order valence-corrected chi connectivity index (χ0v) is 10.2. The monoisotopic (exact) mass is 254 g/mol. The van der Waals surface area contributed by atoms with Crippen molar-refractivity contribution >= 4 is 32.8 Å². The first-order chi connectivity index (χ1) is 6.34. The Labute approximate surface area is 92.3 Å². The van der Waals surface area contributed by atoms with E-state index in [4.69, 9.17) is 11.6 Å². The van der Waals surface area contributed by atoms with E-state index in [0.29, 0.717) is 9.90 Å². The number of rotatable bonds is 3. The lowest BCUT2D eigenvalue weighted by atomic mass is 10.1. The van der Waals surface area contributed by atoms with Gasteiger partial charge in [0.05, 0.1) is 15.7 Å². The molecule has 2 atom stereocenters. The van der Waals surface area contributed by atoms with Gasteiger partial charge in [-0.25, -0.2) is 8.42 Å². The molecule has 0 radical (unpaired) electrons. The molecule has 2 unspecified atom stereocenters. The quantitative estimate of drug-likeness (QED) is 0.896. The molecular formula is C8H11ClO3S2. The highest BCUT2D eigenvalue weighted by molar-refractivity contribution is 7.91. The summed E-state index contributed by atoms with van der Waals surface area (Å²) in [5.74, 6) is 0. The molecule has 0 saturated heterocycles. The predicted molar refractivity (Wildman–Crippen MR) is 58.6 cm³/mol. The van der Waals surface area contributed by atoms with Crippen molar-refractivity contribution in [3.63, 3.8) is 0 Å². The molecule has 0 fully saturated rings. The van der Waals surface area contributed by atoms with Crippen LogP contribution in [0.3, 0.4) is 0 Å². The number of aliphatic hydroxyl groups is 1. The third-order valence-corrected chi connectivity index (χ3v) is 4.89. The lowest BCUT2D eigenvalue weighted by molar-refractivity contribution is 0.177. The van der Waals surface area contributed by atoms with Crippen LogP contribution in [0.5, 0.6) is 0 Å². The fourth-order valence-corrected chi connectivity index (χ4v) is 2.61. The van der Waals surface area contributed by atoms with Crippen LogP contribution in [0.25, 0.3) is 0 Å². The van der Waals surface area contributed by atoms with Gasteiger partial charge in [-0.2, -0.15) is 0 Å². The Morgan fingerprint density at radius 1 is 1.57 bits per heavy atom. The van der Waals surface area contributed by atoms with Crippen molar-refractivity contribution < 1.29 is 13.5 Å². The Balaban J connectivity index is 2.97. The maximum atomic E-state index is 11.2. The Morgan fingerprint density at radius 2 is 2.14 bits per heavy atom. The number of sulfone groups is 1. The maximum absolute atomic E-state index is 11.2. The lowest BCUT2D eigenvalue weighted by Crippen LogP contribution is -2.24. The second-order valence-electron chi connectivity index (χ2n) is 3.13. The van der Waals surface area contributed by atoms with Crippen LogP contribution in [0, 0.1) is 0 Å². The Morgan fingerprint density at radius 3 is 2.50 bits per heavy atom. The van der Waals surface area contributed by atoms with E-state index in [1.807, 2.05) is 0 Å². The fraction of sp³-hybridized carbons (Fsp3) is 0.500. The normalized spacial score (nSPS) is 16.6. The van der Waals surface area contributed by atoms with Crippen LogP contribution >= 0.6 is 22.9 Å². The maximum Gasteiger partial charge on any atom is 0.152 e. The molecule has 0 amide bonds. The third kappa shape index (κ3) is 2.48. The van der Waals surface area contributed by atoms with Gasteiger partial charge in [0.2, 0.25) is 0 Å². The average Bonchev–Trinajstić information content (AvgIpc) is 2.47. The lowest BCUT2D eigenvalue weighted by Gasteiger charge is -2.16. The van der Waals surface area contributed by atoms with E-state index in [1.54, 1.807) is 11.4 Å². The highest BCUT2D eigenvalue weighted by atomic mass is 35.5. The molecule has 0 aliphatic rings. The van der Waals surface area contributed by atoms with Gasteiger partial charge in [0.1, 0.15) is 0 Å². The summed E-state index contributed by atoms with van der Waals surface area (Å²) in [5.41, 5.74) is 0.481. The topological polar surface area (TPSA) is 54.4 Å². The number of halogens is 1. The highest BCUT2D eigenvalue weighted by Crippen LogP contribution is 2.31. The molecule has 1 heterocycles. The first-order valence-electron chi connectivity index (χ1n) is 3.94. The minimum Gasteiger partial charge on any atom is -0.387 e. The molecule has 1 aromatic heterocycles. The minimum atomic E-state index is -3.25. The molecule has 0 aliphatic carbocycles. The molecular weight excluding hydrogens is 244 g/mol. The molecule has 0 bridgehead atoms. The molecule has 3 nitrogen and oxygen atoms in total. The summed E-state index contributed by atoms with van der Waals surface area (Å²) in [6.45, 7) is 1.47. The van der Waals surface area contributed by atoms with Gasteiger partial charge < -0.3 is 5.11 Å². The van der Waals surface area contributed by atoms with E-state index in [0.717, 1.165) is 6.26 Å². The van der Waals surface area contributed by atoms with Crippen LogP contribution in [0.4, 0.5) is 0 Å². The van der Waals surface area contributed by atoms with Crippen LogP contribution in [-0.4, -0.2) is 25.0 Å². The summed E-state index contributed by atoms with van der Waals surface area (Å²) in [5, 5.41) is 10.6. The van der Waals surface area contributed by atoms with Crippen molar-refractivity contribution in [3.8, 4) is 0 Å². The van der Waals surface area contributed by atoms with Gasteiger partial charge in [0, 0.05) is 11.8 Å². The highest BCUT2D eigenvalue weighted by Gasteiger charge is 2.27. The van der Waals surface area contributed by atoms with Crippen LogP contribution in [-0.2, 0) is 9.84 Å². The largest absolute Gasteiger partial charge is 0.387 e. The van der Waals surface area contributed by atoms with Gasteiger partial charge in [-0.15, -0.1) is 11.3 Å². The molecule has 1 N–H and O–H groups in total. The Hall–Kier alpha value is -0.100. The zero-order chi connectivity index (χ0) is 10.9. The third-order valence-electron chi connectivity index (χ3n) is 2.08. The van der Waals surface area contributed by atoms with Crippen LogP contribution in [0.1, 0.15) is 18.6 Å². The van der Waals surface area contributed by atoms with Gasteiger partial charge in [-0.1, -0.05) is 11.6 Å². The summed E-state index contributed by atoms with van der Waals surface area (Å²) in [6.07, 6.45) is 0.0463. The second-order valence-corrected chi connectivity index (χ2v) is 7.05. The number of hydrogen-bond donors (Lipinski definition) is 1. The number of aliphatic hydroxyl groups excluding tert-OH is 1. The van der Waals surface area contributed by atoms with Crippen LogP contribution in [0.2, 0.25) is 4.34 Å². The predicted octanol–water partition coefficient (Wildman–Crippen LogP) is 1.87. The molecule has 6 heteroatoms. The minimum absolute atomic E-state index is 0.438. The summed E-state index contributed by atoms with van der Waals surface area (Å²) in [7, 11) is -3.25. The van der Waals surface area contributed by atoms with E-state index < -0.39 is 21.2 Å². The number of thiophene rings is 1. The van der Waals surface area contributed by atoms with Crippen molar-refractivity contribution in [2.24, 2.45) is 0 Å². The zero-order valence-electron chi connectivity index (χ0n) is 7.77. The van der Waals surface area contributed by atoms with Gasteiger partial charge in [-0.3, -0.25) is 0 Å². The molecule has 0 spiro atoms. The van der Waals surface area contributed by atoms with Crippen molar-refractivity contribution in [2.45, 2.75) is 18.3 Å². The van der Waals surface area contributed by atoms with E-state index in [2.05, 4.69) is 0 Å². The second kappa shape index (κ2) is 4.18. The van der Waals surface area contributed by atoms with Gasteiger partial charge in [0.25, 0.3) is 0 Å². The molecule has 0 saturated carbocycles. The molecule has 0 aromatic carbocycles. The number of hydrogen-bond acceptors (Lipinski definition) is 4. The average molecular weight is 255 g/mol. The molecule has 80 valence electrons. The van der Waals surface area contributed by atoms with Crippen molar-refractivity contribution in [1.29, 1.82) is 0 Å². The molecule has 0 aliphatic heterocycles. The first-order valence-corrected chi connectivity index (χ1v) is 7.15. The summed E-state index contributed by atoms with van der Waals surface area (Å²) < 4.78 is 22.8. The van der Waals surface area contributed by atoms with Gasteiger partial charge in [-0.05, 0) is 18.4 Å². The van der Waals surface area contributed by atoms with E-state index in [1.165, 1.54) is 18.3 Å². The molecule has 1 aromatic rings. The van der Waals surface area contributed by atoms with Crippen molar-refractivity contribution in [1.82, 2.24) is 0 Å². The van der Waals surface area contributed by atoms with Crippen molar-refractivity contribution in [3.05, 3.63) is 21.3 Å². The van der Waals surface area contributed by atoms with Crippen LogP contribution < -0.4 is 0 Å². The van der Waals surface area contributed by atoms with E-state index in [9.17, 15) is 13.5 Å².